The molecule has 0 unspecified atom stereocenters. The zero-order valence-corrected chi connectivity index (χ0v) is 15.3. The largest absolute Gasteiger partial charge is 0.464 e. The molecule has 29 heavy (non-hydrogen) atoms. The topological polar surface area (TPSA) is 93.5 Å². The number of anilines is 1. The molecular formula is C22H17N3O4. The van der Waals surface area contributed by atoms with Gasteiger partial charge in [-0.2, -0.15) is 0 Å². The van der Waals surface area contributed by atoms with Gasteiger partial charge in [0.2, 0.25) is 5.91 Å². The van der Waals surface area contributed by atoms with Gasteiger partial charge in [0.1, 0.15) is 5.76 Å². The first-order chi connectivity index (χ1) is 14.2. The van der Waals surface area contributed by atoms with Gasteiger partial charge in [-0.25, -0.2) is 0 Å². The van der Waals surface area contributed by atoms with Gasteiger partial charge < -0.3 is 19.8 Å². The third-order valence-electron chi connectivity index (χ3n) is 4.14. The number of furan rings is 1. The van der Waals surface area contributed by atoms with Gasteiger partial charge in [0.05, 0.1) is 12.0 Å². The first kappa shape index (κ1) is 18.2. The Hall–Kier alpha value is -4.13. The van der Waals surface area contributed by atoms with Crippen LogP contribution in [-0.4, -0.2) is 16.8 Å². The quantitative estimate of drug-likeness (QED) is 0.655. The fourth-order valence-electron chi connectivity index (χ4n) is 2.68. The van der Waals surface area contributed by atoms with Gasteiger partial charge in [0.25, 0.3) is 5.91 Å². The average Bonchev–Trinajstić information content (AvgIpc) is 3.19. The predicted molar refractivity (Wildman–Crippen MR) is 108 cm³/mol. The summed E-state index contributed by atoms with van der Waals surface area (Å²) >= 11 is 0. The fraction of sp³-hybridized carbons (Fsp3) is 0.0455. The van der Waals surface area contributed by atoms with Crippen molar-refractivity contribution >= 4 is 29.7 Å². The summed E-state index contributed by atoms with van der Waals surface area (Å²) in [6.45, 7) is 0.419. The Morgan fingerprint density at radius 1 is 1.17 bits per heavy atom. The van der Waals surface area contributed by atoms with Gasteiger partial charge in [-0.3, -0.25) is 14.6 Å². The summed E-state index contributed by atoms with van der Waals surface area (Å²) < 4.78 is 11.1. The molecule has 4 rings (SSSR count). The third kappa shape index (κ3) is 4.59. The molecule has 0 spiro atoms. The second-order valence-corrected chi connectivity index (χ2v) is 6.25. The smallest absolute Gasteiger partial charge is 0.291 e. The lowest BCUT2D eigenvalue weighted by molar-refractivity contribution is -0.116. The molecule has 0 fully saturated rings. The first-order valence-electron chi connectivity index (χ1n) is 8.91. The monoisotopic (exact) mass is 387 g/mol. The summed E-state index contributed by atoms with van der Waals surface area (Å²) in [7, 11) is 0. The number of ether oxygens (including phenoxy) is 1. The molecule has 2 N–H and O–H groups in total. The fourth-order valence-corrected chi connectivity index (χ4v) is 2.68. The highest BCUT2D eigenvalue weighted by molar-refractivity contribution is 6.08. The number of benzene rings is 1. The van der Waals surface area contributed by atoms with E-state index < -0.39 is 0 Å². The molecule has 0 aliphatic carbocycles. The Morgan fingerprint density at radius 3 is 2.86 bits per heavy atom. The Kier molecular flexibility index (Phi) is 5.20. The minimum Gasteiger partial charge on any atom is -0.464 e. The number of rotatable bonds is 5. The second kappa shape index (κ2) is 8.26. The van der Waals surface area contributed by atoms with Crippen molar-refractivity contribution in [3.8, 4) is 5.75 Å². The number of fused-ring (bicyclic) bond motifs is 1. The second-order valence-electron chi connectivity index (χ2n) is 6.25. The van der Waals surface area contributed by atoms with Crippen molar-refractivity contribution in [2.24, 2.45) is 0 Å². The van der Waals surface area contributed by atoms with Crippen LogP contribution in [0.5, 0.6) is 5.75 Å². The number of carbonyl (C=O) groups excluding carboxylic acids is 2. The van der Waals surface area contributed by atoms with Gasteiger partial charge in [-0.1, -0.05) is 12.1 Å². The van der Waals surface area contributed by atoms with Crippen LogP contribution in [-0.2, 0) is 16.1 Å². The van der Waals surface area contributed by atoms with Crippen molar-refractivity contribution < 1.29 is 18.7 Å². The van der Waals surface area contributed by atoms with E-state index in [1.807, 2.05) is 24.3 Å². The standard InChI is InChI=1S/C22H17N3O4/c26-21(24-13-15-7-9-23-10-8-15)6-5-16-11-17(28-14-16)12-20-22(27)25-18-3-1-2-4-19(18)29-20/h1-12,14H,13H2,(H,24,26)(H,25,27)/b6-5+,20-12-. The number of para-hydroxylation sites is 2. The molecule has 7 nitrogen and oxygen atoms in total. The lowest BCUT2D eigenvalue weighted by Crippen LogP contribution is -2.23. The van der Waals surface area contributed by atoms with Gasteiger partial charge in [0.15, 0.2) is 11.5 Å². The van der Waals surface area contributed by atoms with E-state index in [1.165, 1.54) is 18.4 Å². The number of hydrogen-bond acceptors (Lipinski definition) is 5. The molecule has 2 amide bonds. The number of amides is 2. The van der Waals surface area contributed by atoms with E-state index in [4.69, 9.17) is 9.15 Å². The molecular weight excluding hydrogens is 370 g/mol. The number of nitrogens with one attached hydrogen (secondary N) is 2. The number of nitrogens with zero attached hydrogens (tertiary/aromatic N) is 1. The molecule has 1 aliphatic rings. The summed E-state index contributed by atoms with van der Waals surface area (Å²) in [4.78, 5) is 28.0. The molecule has 2 aromatic heterocycles. The van der Waals surface area contributed by atoms with Crippen molar-refractivity contribution in [1.29, 1.82) is 0 Å². The van der Waals surface area contributed by atoms with Gasteiger partial charge in [-0.05, 0) is 42.0 Å². The van der Waals surface area contributed by atoms with E-state index in [1.54, 1.807) is 36.7 Å². The Labute approximate surface area is 166 Å². The van der Waals surface area contributed by atoms with E-state index in [0.29, 0.717) is 29.3 Å². The molecule has 3 heterocycles. The first-order valence-corrected chi connectivity index (χ1v) is 8.91. The minimum atomic E-state index is -0.354. The van der Waals surface area contributed by atoms with Crippen LogP contribution in [0, 0.1) is 0 Å². The molecule has 0 radical (unpaired) electrons. The van der Waals surface area contributed by atoms with Crippen molar-refractivity contribution in [3.05, 3.63) is 89.8 Å². The van der Waals surface area contributed by atoms with E-state index in [2.05, 4.69) is 15.6 Å². The van der Waals surface area contributed by atoms with Crippen LogP contribution in [0.25, 0.3) is 12.2 Å². The van der Waals surface area contributed by atoms with E-state index in [-0.39, 0.29) is 17.6 Å². The third-order valence-corrected chi connectivity index (χ3v) is 4.14. The van der Waals surface area contributed by atoms with Crippen molar-refractivity contribution in [2.75, 3.05) is 5.32 Å². The maximum absolute atomic E-state index is 12.2. The molecule has 1 aromatic carbocycles. The summed E-state index contributed by atoms with van der Waals surface area (Å²) in [5.41, 5.74) is 2.27. The zero-order valence-electron chi connectivity index (χ0n) is 15.3. The zero-order chi connectivity index (χ0) is 20.1. The number of carbonyl (C=O) groups is 2. The van der Waals surface area contributed by atoms with E-state index in [0.717, 1.165) is 5.56 Å². The molecule has 144 valence electrons. The molecule has 0 atom stereocenters. The molecule has 7 heteroatoms. The van der Waals surface area contributed by atoms with Crippen LogP contribution >= 0.6 is 0 Å². The van der Waals surface area contributed by atoms with Crippen LogP contribution in [0.1, 0.15) is 16.9 Å². The van der Waals surface area contributed by atoms with Crippen molar-refractivity contribution in [1.82, 2.24) is 10.3 Å². The van der Waals surface area contributed by atoms with Crippen LogP contribution in [0.15, 0.2) is 77.4 Å². The van der Waals surface area contributed by atoms with Gasteiger partial charge in [0, 0.05) is 36.7 Å². The normalized spacial score (nSPS) is 14.3. The van der Waals surface area contributed by atoms with Crippen LogP contribution in [0.3, 0.4) is 0 Å². The van der Waals surface area contributed by atoms with Crippen molar-refractivity contribution in [3.63, 3.8) is 0 Å². The summed E-state index contributed by atoms with van der Waals surface area (Å²) in [5.74, 6) is 0.549. The van der Waals surface area contributed by atoms with E-state index in [9.17, 15) is 9.59 Å². The van der Waals surface area contributed by atoms with Crippen LogP contribution in [0.2, 0.25) is 0 Å². The summed E-state index contributed by atoms with van der Waals surface area (Å²) in [6.07, 6.45) is 9.40. The molecule has 0 saturated heterocycles. The highest BCUT2D eigenvalue weighted by Gasteiger charge is 2.21. The maximum Gasteiger partial charge on any atom is 0.291 e. The lowest BCUT2D eigenvalue weighted by Gasteiger charge is -2.19. The Balaban J connectivity index is 1.38. The Morgan fingerprint density at radius 2 is 2.00 bits per heavy atom. The number of aromatic nitrogens is 1. The maximum atomic E-state index is 12.2. The van der Waals surface area contributed by atoms with Gasteiger partial charge in [-0.15, -0.1) is 0 Å². The summed E-state index contributed by atoms with van der Waals surface area (Å²) in [5, 5.41) is 5.55. The highest BCUT2D eigenvalue weighted by atomic mass is 16.5. The average molecular weight is 387 g/mol. The van der Waals surface area contributed by atoms with Crippen LogP contribution in [0.4, 0.5) is 5.69 Å². The van der Waals surface area contributed by atoms with Crippen molar-refractivity contribution in [2.45, 2.75) is 6.54 Å². The number of pyridine rings is 1. The Bertz CT molecular complexity index is 1100. The summed E-state index contributed by atoms with van der Waals surface area (Å²) in [6, 6.07) is 12.5. The highest BCUT2D eigenvalue weighted by Crippen LogP contribution is 2.30. The molecule has 1 aliphatic heterocycles. The van der Waals surface area contributed by atoms with E-state index >= 15 is 0 Å². The minimum absolute atomic E-state index is 0.128. The SMILES string of the molecule is O=C(/C=C/c1coc(/C=C2\Oc3ccccc3NC2=O)c1)NCc1ccncc1. The van der Waals surface area contributed by atoms with Crippen LogP contribution < -0.4 is 15.4 Å². The molecule has 0 saturated carbocycles. The molecule has 3 aromatic rings. The molecule has 0 bridgehead atoms. The lowest BCUT2D eigenvalue weighted by atomic mass is 10.2. The van der Waals surface area contributed by atoms with Gasteiger partial charge >= 0.3 is 0 Å². The predicted octanol–water partition coefficient (Wildman–Crippen LogP) is 3.38. The number of hydrogen-bond donors (Lipinski definition) is 2.